The van der Waals surface area contributed by atoms with Crippen LogP contribution in [0.5, 0.6) is 11.5 Å². The van der Waals surface area contributed by atoms with Gasteiger partial charge in [0.15, 0.2) is 0 Å². The normalized spacial score (nSPS) is 12.5. The molecule has 3 aromatic rings. The molecule has 0 unspecified atom stereocenters. The standard InChI is InChI=1S/C21H19ClN4O4.C2H6OS.CH4O3S/c22-16-8-13(3-4-17(16)26-21(29)25-12-1-2-12)30-19-5-6-24-18-7-11(10-27)14(20(23)28)9-15(18)19;1-4(2)3;1-5(2,3)4/h3-9,12,27H,1-2,10H2,(H2,23,28)(H2,25,26,29);1-2H3;1H3,(H,2,3,4). The van der Waals surface area contributed by atoms with Crippen LogP contribution in [0.4, 0.5) is 10.5 Å². The number of nitrogens with two attached hydrogens (primary N) is 1. The second kappa shape index (κ2) is 14.2. The minimum absolute atomic E-state index is 0.196. The van der Waals surface area contributed by atoms with Gasteiger partial charge in [-0.1, -0.05) is 11.6 Å². The van der Waals surface area contributed by atoms with E-state index in [0.29, 0.717) is 44.9 Å². The molecule has 1 aromatic heterocycles. The van der Waals surface area contributed by atoms with Crippen LogP contribution < -0.4 is 21.1 Å². The summed E-state index contributed by atoms with van der Waals surface area (Å²) >= 11 is 6.29. The molecule has 6 N–H and O–H groups in total. The van der Waals surface area contributed by atoms with E-state index in [0.717, 1.165) is 12.8 Å². The van der Waals surface area contributed by atoms with Gasteiger partial charge >= 0.3 is 6.03 Å². The predicted molar refractivity (Wildman–Crippen MR) is 150 cm³/mol. The molecule has 2 aromatic carbocycles. The summed E-state index contributed by atoms with van der Waals surface area (Å²) in [6, 6.07) is 9.63. The molecule has 1 aliphatic carbocycles. The summed E-state index contributed by atoms with van der Waals surface area (Å²) in [5, 5.41) is 15.9. The zero-order valence-corrected chi connectivity index (χ0v) is 23.7. The van der Waals surface area contributed by atoms with Crippen LogP contribution in [0.15, 0.2) is 42.6 Å². The van der Waals surface area contributed by atoms with E-state index in [2.05, 4.69) is 15.6 Å². The summed E-state index contributed by atoms with van der Waals surface area (Å²) in [7, 11) is -4.28. The topological polar surface area (TPSA) is 198 Å². The minimum Gasteiger partial charge on any atom is -0.457 e. The van der Waals surface area contributed by atoms with Gasteiger partial charge in [-0.3, -0.25) is 18.5 Å². The maximum atomic E-state index is 11.9. The number of fused-ring (bicyclic) bond motifs is 1. The van der Waals surface area contributed by atoms with Crippen molar-refractivity contribution >= 4 is 61.0 Å². The number of nitrogens with zero attached hydrogens (tertiary/aromatic N) is 1. The van der Waals surface area contributed by atoms with E-state index >= 15 is 0 Å². The number of primary amides is 1. The van der Waals surface area contributed by atoms with Crippen molar-refractivity contribution in [3.8, 4) is 11.5 Å². The summed E-state index contributed by atoms with van der Waals surface area (Å²) in [6.07, 6.45) is 7.53. The van der Waals surface area contributed by atoms with Gasteiger partial charge in [-0.2, -0.15) is 8.42 Å². The Morgan fingerprint density at radius 3 is 2.33 bits per heavy atom. The van der Waals surface area contributed by atoms with Crippen LogP contribution in [0.1, 0.15) is 28.8 Å². The first-order valence-corrected chi connectivity index (χ1v) is 15.4. The van der Waals surface area contributed by atoms with Crippen LogP contribution >= 0.6 is 11.6 Å². The number of ether oxygens (including phenoxy) is 1. The van der Waals surface area contributed by atoms with E-state index in [9.17, 15) is 27.3 Å². The van der Waals surface area contributed by atoms with Crippen molar-refractivity contribution in [3.63, 3.8) is 0 Å². The van der Waals surface area contributed by atoms with Gasteiger partial charge in [-0.05, 0) is 48.7 Å². The average Bonchev–Trinajstić information content (AvgIpc) is 3.62. The van der Waals surface area contributed by atoms with Gasteiger partial charge in [-0.15, -0.1) is 0 Å². The molecule has 15 heteroatoms. The van der Waals surface area contributed by atoms with Crippen molar-refractivity contribution < 1.29 is 36.6 Å². The van der Waals surface area contributed by atoms with Gasteiger partial charge in [0.1, 0.15) is 11.5 Å². The number of aliphatic hydroxyl groups excluding tert-OH is 1. The van der Waals surface area contributed by atoms with Crippen LogP contribution in [0, 0.1) is 0 Å². The average molecular weight is 601 g/mol. The second-order valence-electron chi connectivity index (χ2n) is 8.45. The Balaban J connectivity index is 0.000000516. The smallest absolute Gasteiger partial charge is 0.319 e. The van der Waals surface area contributed by atoms with Crippen molar-refractivity contribution in [2.75, 3.05) is 24.1 Å². The van der Waals surface area contributed by atoms with Gasteiger partial charge < -0.3 is 26.2 Å². The van der Waals surface area contributed by atoms with Crippen molar-refractivity contribution in [1.29, 1.82) is 0 Å². The Bertz CT molecular complexity index is 1470. The molecule has 1 saturated carbocycles. The van der Waals surface area contributed by atoms with Gasteiger partial charge in [0.05, 0.1) is 29.1 Å². The number of carbonyl (C=O) groups is 2. The molecule has 0 spiro atoms. The summed E-state index contributed by atoms with van der Waals surface area (Å²) in [6.45, 7) is -0.334. The predicted octanol–water partition coefficient (Wildman–Crippen LogP) is 3.05. The Kier molecular flexibility index (Phi) is 11.6. The number of anilines is 1. The summed E-state index contributed by atoms with van der Waals surface area (Å²) in [5.74, 6) is 0.224. The Labute approximate surface area is 233 Å². The third-order valence-corrected chi connectivity index (χ3v) is 5.00. The van der Waals surface area contributed by atoms with E-state index < -0.39 is 26.8 Å². The number of urea groups is 1. The monoisotopic (exact) mass is 600 g/mol. The lowest BCUT2D eigenvalue weighted by Crippen LogP contribution is -2.30. The van der Waals surface area contributed by atoms with E-state index in [4.69, 9.17) is 26.6 Å². The molecular formula is C24H29ClN4O8S2. The highest BCUT2D eigenvalue weighted by atomic mass is 35.5. The summed E-state index contributed by atoms with van der Waals surface area (Å²) in [5.41, 5.74) is 7.02. The number of carbonyl (C=O) groups excluding carboxylic acids is 2. The highest BCUT2D eigenvalue weighted by Gasteiger charge is 2.23. The summed E-state index contributed by atoms with van der Waals surface area (Å²) in [4.78, 5) is 27.9. The molecule has 3 amide bonds. The van der Waals surface area contributed by atoms with Gasteiger partial charge in [0, 0.05) is 52.6 Å². The molecule has 1 heterocycles. The number of aromatic nitrogens is 1. The van der Waals surface area contributed by atoms with Crippen molar-refractivity contribution in [1.82, 2.24) is 10.3 Å². The number of rotatable bonds is 6. The molecule has 1 fully saturated rings. The number of hydrogen-bond acceptors (Lipinski definition) is 8. The Morgan fingerprint density at radius 1 is 1.21 bits per heavy atom. The number of nitrogens with one attached hydrogen (secondary N) is 2. The molecule has 0 saturated heterocycles. The van der Waals surface area contributed by atoms with Crippen molar-refractivity contribution in [2.45, 2.75) is 25.5 Å². The molecule has 0 bridgehead atoms. The zero-order valence-electron chi connectivity index (χ0n) is 21.3. The highest BCUT2D eigenvalue weighted by Crippen LogP contribution is 2.34. The lowest BCUT2D eigenvalue weighted by Gasteiger charge is -2.13. The van der Waals surface area contributed by atoms with Crippen LogP contribution in [0.2, 0.25) is 5.02 Å². The number of amides is 3. The highest BCUT2D eigenvalue weighted by molar-refractivity contribution is 7.85. The van der Waals surface area contributed by atoms with Gasteiger partial charge in [0.2, 0.25) is 5.91 Å². The Morgan fingerprint density at radius 2 is 1.82 bits per heavy atom. The fraction of sp³-hybridized carbons (Fsp3) is 0.292. The fourth-order valence-electron chi connectivity index (χ4n) is 3.02. The third-order valence-electron chi connectivity index (χ3n) is 4.69. The van der Waals surface area contributed by atoms with Crippen LogP contribution in [0.3, 0.4) is 0 Å². The van der Waals surface area contributed by atoms with Crippen molar-refractivity contribution in [3.05, 3.63) is 58.7 Å². The lowest BCUT2D eigenvalue weighted by molar-refractivity contribution is 0.0997. The minimum atomic E-state index is -3.67. The lowest BCUT2D eigenvalue weighted by atomic mass is 10.0. The Hall–Kier alpha value is -3.30. The molecular weight excluding hydrogens is 572 g/mol. The number of benzene rings is 2. The second-order valence-corrected chi connectivity index (χ2v) is 11.8. The molecule has 0 atom stereocenters. The first-order chi connectivity index (χ1) is 18.2. The zero-order chi connectivity index (χ0) is 29.3. The molecule has 212 valence electrons. The molecule has 0 radical (unpaired) electrons. The third kappa shape index (κ3) is 11.5. The number of pyridine rings is 1. The maximum absolute atomic E-state index is 11.9. The van der Waals surface area contributed by atoms with Gasteiger partial charge in [-0.25, -0.2) is 4.79 Å². The van der Waals surface area contributed by atoms with Crippen molar-refractivity contribution in [2.24, 2.45) is 5.73 Å². The molecule has 4 rings (SSSR count). The van der Waals surface area contributed by atoms with Crippen LogP contribution in [-0.2, 0) is 27.5 Å². The SMILES string of the molecule is CS(=O)(=O)O.CS(C)=O.NC(=O)c1cc2c(Oc3ccc(NC(=O)NC4CC4)c(Cl)c3)ccnc2cc1CO. The first-order valence-electron chi connectivity index (χ1n) is 11.2. The number of aliphatic hydroxyl groups is 1. The summed E-state index contributed by atoms with van der Waals surface area (Å²) < 4.78 is 41.4. The van der Waals surface area contributed by atoms with E-state index in [-0.39, 0.29) is 24.2 Å². The molecule has 1 aliphatic rings. The van der Waals surface area contributed by atoms with E-state index in [1.54, 1.807) is 55.1 Å². The number of halogens is 1. The fourth-order valence-corrected chi connectivity index (χ4v) is 3.24. The maximum Gasteiger partial charge on any atom is 0.319 e. The van der Waals surface area contributed by atoms with Crippen LogP contribution in [-0.4, -0.2) is 64.0 Å². The molecule has 0 aliphatic heterocycles. The molecule has 12 nitrogen and oxygen atoms in total. The van der Waals surface area contributed by atoms with Gasteiger partial charge in [0.25, 0.3) is 10.1 Å². The number of hydrogen-bond donors (Lipinski definition) is 5. The largest absolute Gasteiger partial charge is 0.457 e. The first kappa shape index (κ1) is 31.9. The quantitative estimate of drug-likeness (QED) is 0.264. The van der Waals surface area contributed by atoms with Crippen LogP contribution in [0.25, 0.3) is 10.9 Å². The van der Waals surface area contributed by atoms with E-state index in [1.165, 1.54) is 0 Å². The molecule has 39 heavy (non-hydrogen) atoms. The van der Waals surface area contributed by atoms with E-state index in [1.807, 2.05) is 0 Å².